The highest BCUT2D eigenvalue weighted by atomic mass is 14.0. The Balaban J connectivity index is 3.43. The predicted octanol–water partition coefficient (Wildman–Crippen LogP) is 4.73. The molecule has 0 fully saturated rings. The van der Waals surface area contributed by atoms with Crippen molar-refractivity contribution >= 4 is 0 Å². The lowest BCUT2D eigenvalue weighted by Crippen LogP contribution is -1.87. The summed E-state index contributed by atoms with van der Waals surface area (Å²) in [4.78, 5) is 0. The SMILES string of the molecule is C=CCCC=C(C)CCCC(C)C. The summed E-state index contributed by atoms with van der Waals surface area (Å²) in [7, 11) is 0. The molecular weight excluding hydrogens is 156 g/mol. The molecule has 0 nitrogen and oxygen atoms in total. The van der Waals surface area contributed by atoms with Crippen molar-refractivity contribution in [3.63, 3.8) is 0 Å². The first-order chi connectivity index (χ1) is 6.16. The molecule has 0 bridgehead atoms. The number of unbranched alkanes of at least 4 members (excludes halogenated alkanes) is 1. The molecule has 0 aliphatic rings. The van der Waals surface area contributed by atoms with Crippen molar-refractivity contribution in [1.29, 1.82) is 0 Å². The average molecular weight is 180 g/mol. The summed E-state index contributed by atoms with van der Waals surface area (Å²) in [5, 5.41) is 0. The van der Waals surface area contributed by atoms with Gasteiger partial charge in [0.05, 0.1) is 0 Å². The third-order valence-electron chi connectivity index (χ3n) is 2.22. The van der Waals surface area contributed by atoms with E-state index in [2.05, 4.69) is 33.4 Å². The first-order valence-corrected chi connectivity index (χ1v) is 5.43. The molecule has 0 aromatic rings. The average Bonchev–Trinajstić information content (AvgIpc) is 2.04. The Bertz CT molecular complexity index is 151. The van der Waals surface area contributed by atoms with Crippen LogP contribution in [0.3, 0.4) is 0 Å². The largest absolute Gasteiger partial charge is 0.103 e. The normalized spacial score (nSPS) is 12.2. The van der Waals surface area contributed by atoms with Crippen LogP contribution in [-0.2, 0) is 0 Å². The van der Waals surface area contributed by atoms with E-state index in [1.165, 1.54) is 19.3 Å². The highest BCUT2D eigenvalue weighted by molar-refractivity contribution is 4.98. The third kappa shape index (κ3) is 9.39. The van der Waals surface area contributed by atoms with Gasteiger partial charge in [0.2, 0.25) is 0 Å². The van der Waals surface area contributed by atoms with Crippen LogP contribution in [-0.4, -0.2) is 0 Å². The molecule has 0 heterocycles. The number of rotatable bonds is 7. The summed E-state index contributed by atoms with van der Waals surface area (Å²) in [6.45, 7) is 10.5. The lowest BCUT2D eigenvalue weighted by Gasteiger charge is -2.04. The molecule has 0 aromatic heterocycles. The van der Waals surface area contributed by atoms with Crippen LogP contribution in [0, 0.1) is 5.92 Å². The van der Waals surface area contributed by atoms with Crippen molar-refractivity contribution in [3.05, 3.63) is 24.3 Å². The molecule has 0 atom stereocenters. The highest BCUT2D eigenvalue weighted by Crippen LogP contribution is 2.12. The van der Waals surface area contributed by atoms with Crippen molar-refractivity contribution in [1.82, 2.24) is 0 Å². The molecule has 13 heavy (non-hydrogen) atoms. The van der Waals surface area contributed by atoms with Gasteiger partial charge in [0.1, 0.15) is 0 Å². The van der Waals surface area contributed by atoms with Crippen molar-refractivity contribution in [2.24, 2.45) is 5.92 Å². The van der Waals surface area contributed by atoms with E-state index in [0.717, 1.165) is 18.8 Å². The van der Waals surface area contributed by atoms with Gasteiger partial charge in [0.25, 0.3) is 0 Å². The van der Waals surface area contributed by atoms with Crippen LogP contribution in [0.4, 0.5) is 0 Å². The zero-order valence-electron chi connectivity index (χ0n) is 9.47. The fraction of sp³-hybridized carbons (Fsp3) is 0.692. The van der Waals surface area contributed by atoms with E-state index in [1.807, 2.05) is 6.08 Å². The maximum absolute atomic E-state index is 3.71. The zero-order valence-corrected chi connectivity index (χ0v) is 9.47. The van der Waals surface area contributed by atoms with Gasteiger partial charge >= 0.3 is 0 Å². The summed E-state index contributed by atoms with van der Waals surface area (Å²) < 4.78 is 0. The van der Waals surface area contributed by atoms with E-state index in [0.29, 0.717) is 0 Å². The summed E-state index contributed by atoms with van der Waals surface area (Å²) in [6.07, 6.45) is 10.6. The maximum atomic E-state index is 3.71. The van der Waals surface area contributed by atoms with E-state index >= 15 is 0 Å². The predicted molar refractivity (Wildman–Crippen MR) is 61.9 cm³/mol. The quantitative estimate of drug-likeness (QED) is 0.392. The van der Waals surface area contributed by atoms with Gasteiger partial charge in [-0.25, -0.2) is 0 Å². The van der Waals surface area contributed by atoms with Gasteiger partial charge in [-0.05, 0) is 38.5 Å². The van der Waals surface area contributed by atoms with Gasteiger partial charge < -0.3 is 0 Å². The third-order valence-corrected chi connectivity index (χ3v) is 2.22. The minimum atomic E-state index is 0.848. The van der Waals surface area contributed by atoms with Gasteiger partial charge in [-0.2, -0.15) is 0 Å². The molecule has 0 aliphatic carbocycles. The Hall–Kier alpha value is -0.520. The first kappa shape index (κ1) is 12.5. The summed E-state index contributed by atoms with van der Waals surface area (Å²) in [6, 6.07) is 0. The van der Waals surface area contributed by atoms with Crippen LogP contribution in [0.2, 0.25) is 0 Å². The molecule has 0 N–H and O–H groups in total. The molecule has 0 heteroatoms. The molecule has 0 saturated carbocycles. The lowest BCUT2D eigenvalue weighted by molar-refractivity contribution is 0.554. The molecule has 0 unspecified atom stereocenters. The van der Waals surface area contributed by atoms with E-state index in [1.54, 1.807) is 5.57 Å². The number of hydrogen-bond donors (Lipinski definition) is 0. The molecule has 0 aromatic carbocycles. The van der Waals surface area contributed by atoms with Crippen LogP contribution >= 0.6 is 0 Å². The molecule has 76 valence electrons. The zero-order chi connectivity index (χ0) is 10.1. The van der Waals surface area contributed by atoms with Gasteiger partial charge in [-0.15, -0.1) is 6.58 Å². The molecule has 0 rings (SSSR count). The maximum Gasteiger partial charge on any atom is -0.0314 e. The lowest BCUT2D eigenvalue weighted by atomic mass is 10.0. The van der Waals surface area contributed by atoms with Crippen molar-refractivity contribution in [3.8, 4) is 0 Å². The molecule has 0 radical (unpaired) electrons. The van der Waals surface area contributed by atoms with Crippen molar-refractivity contribution in [2.45, 2.75) is 52.9 Å². The summed E-state index contributed by atoms with van der Waals surface area (Å²) in [5.41, 5.74) is 1.54. The van der Waals surface area contributed by atoms with Crippen LogP contribution in [0.1, 0.15) is 52.9 Å². The number of allylic oxidation sites excluding steroid dienone is 3. The molecule has 0 spiro atoms. The standard InChI is InChI=1S/C13H24/c1-5-6-7-10-13(4)11-8-9-12(2)3/h5,10,12H,1,6-9,11H2,2-4H3. The van der Waals surface area contributed by atoms with Crippen LogP contribution < -0.4 is 0 Å². The second-order valence-corrected chi connectivity index (χ2v) is 4.20. The fourth-order valence-corrected chi connectivity index (χ4v) is 1.34. The van der Waals surface area contributed by atoms with Gasteiger partial charge in [-0.3, -0.25) is 0 Å². The van der Waals surface area contributed by atoms with Crippen molar-refractivity contribution in [2.75, 3.05) is 0 Å². The van der Waals surface area contributed by atoms with E-state index in [4.69, 9.17) is 0 Å². The molecule has 0 aliphatic heterocycles. The fourth-order valence-electron chi connectivity index (χ4n) is 1.34. The molecule has 0 amide bonds. The van der Waals surface area contributed by atoms with Gasteiger partial charge in [-0.1, -0.05) is 38.0 Å². The Labute approximate surface area is 83.7 Å². The van der Waals surface area contributed by atoms with E-state index < -0.39 is 0 Å². The Morgan fingerprint density at radius 2 is 2.00 bits per heavy atom. The Kier molecular flexibility index (Phi) is 7.77. The van der Waals surface area contributed by atoms with Crippen LogP contribution in [0.15, 0.2) is 24.3 Å². The number of hydrogen-bond acceptors (Lipinski definition) is 0. The van der Waals surface area contributed by atoms with Gasteiger partial charge in [0, 0.05) is 0 Å². The van der Waals surface area contributed by atoms with Crippen LogP contribution in [0.25, 0.3) is 0 Å². The topological polar surface area (TPSA) is 0 Å². The summed E-state index contributed by atoms with van der Waals surface area (Å²) >= 11 is 0. The Morgan fingerprint density at radius 1 is 1.31 bits per heavy atom. The summed E-state index contributed by atoms with van der Waals surface area (Å²) in [5.74, 6) is 0.848. The minimum absolute atomic E-state index is 0.848. The van der Waals surface area contributed by atoms with Crippen molar-refractivity contribution < 1.29 is 0 Å². The minimum Gasteiger partial charge on any atom is -0.103 e. The van der Waals surface area contributed by atoms with Crippen LogP contribution in [0.5, 0.6) is 0 Å². The Morgan fingerprint density at radius 3 is 2.54 bits per heavy atom. The second-order valence-electron chi connectivity index (χ2n) is 4.20. The van der Waals surface area contributed by atoms with E-state index in [-0.39, 0.29) is 0 Å². The second kappa shape index (κ2) is 8.10. The molecular formula is C13H24. The van der Waals surface area contributed by atoms with E-state index in [9.17, 15) is 0 Å². The first-order valence-electron chi connectivity index (χ1n) is 5.43. The smallest absolute Gasteiger partial charge is 0.0314 e. The van der Waals surface area contributed by atoms with Gasteiger partial charge in [0.15, 0.2) is 0 Å². The molecule has 0 saturated heterocycles. The monoisotopic (exact) mass is 180 g/mol. The highest BCUT2D eigenvalue weighted by Gasteiger charge is 1.94.